The summed E-state index contributed by atoms with van der Waals surface area (Å²) in [6, 6.07) is 1.97. The molecule has 27 heavy (non-hydrogen) atoms. The molecule has 0 unspecified atom stereocenters. The molecule has 10 nitrogen and oxygen atoms in total. The predicted octanol–water partition coefficient (Wildman–Crippen LogP) is 0.301. The molecule has 0 saturated carbocycles. The van der Waals surface area contributed by atoms with Crippen molar-refractivity contribution in [3.8, 4) is 11.8 Å². The van der Waals surface area contributed by atoms with E-state index < -0.39 is 38.8 Å². The van der Waals surface area contributed by atoms with E-state index in [2.05, 4.69) is 9.84 Å². The molecule has 0 saturated heterocycles. The summed E-state index contributed by atoms with van der Waals surface area (Å²) in [5.41, 5.74) is -1.03. The normalized spacial score (nSPS) is 11.4. The summed E-state index contributed by atoms with van der Waals surface area (Å²) in [4.78, 5) is 22.9. The van der Waals surface area contributed by atoms with Crippen LogP contribution in [0.15, 0.2) is 34.0 Å². The Labute approximate surface area is 173 Å². The Morgan fingerprint density at radius 2 is 1.89 bits per heavy atom. The van der Waals surface area contributed by atoms with Gasteiger partial charge in [-0.15, -0.1) is 23.0 Å². The fraction of sp³-hybridized carbons (Fsp3) is 0.250. The molecule has 2 aromatic rings. The Morgan fingerprint density at radius 3 is 2.41 bits per heavy atom. The van der Waals surface area contributed by atoms with Gasteiger partial charge >= 0.3 is 24.1 Å². The number of rotatable bonds is 4. The van der Waals surface area contributed by atoms with E-state index in [1.165, 1.54) is 11.8 Å². The number of amides is 1. The Kier molecular flexibility index (Phi) is 7.10. The molecule has 1 amide bonds. The van der Waals surface area contributed by atoms with Gasteiger partial charge in [-0.3, -0.25) is 0 Å². The number of hydrogen-bond acceptors (Lipinski definition) is 7. The number of nitrogens with one attached hydrogen (secondary N) is 1. The molecule has 0 aliphatic carbocycles. The first-order valence-corrected chi connectivity index (χ1v) is 8.06. The van der Waals surface area contributed by atoms with Crippen LogP contribution in [-0.2, 0) is 17.1 Å². The SMILES string of the molecule is COc1nn(C(=O)NS(=O)(=O)c2ccccc2OC(F)(F)F)c(=O)n1C.[HH].[Na]. The van der Waals surface area contributed by atoms with Crippen LogP contribution in [-0.4, -0.2) is 71.8 Å². The van der Waals surface area contributed by atoms with Crippen molar-refractivity contribution >= 4 is 45.6 Å². The van der Waals surface area contributed by atoms with Gasteiger partial charge in [0.2, 0.25) is 0 Å². The van der Waals surface area contributed by atoms with Crippen molar-refractivity contribution in [2.45, 2.75) is 11.3 Å². The largest absolute Gasteiger partial charge is 0.573 e. The molecule has 1 radical (unpaired) electrons. The Balaban J connectivity index is 0.00000364. The standard InChI is InChI=1S/C12H11F3N4O6S.Na.H2/c1-18-10(24-2)16-19(11(18)21)9(20)17-26(22,23)8-6-4-3-5-7(8)25-12(13,14)15;;/h3-6H,1-2H3,(H,17,20);;1H. The molecule has 1 N–H and O–H groups in total. The molecule has 1 heterocycles. The third kappa shape index (κ3) is 5.24. The molecular formula is C12H13F3N4NaO6S. The van der Waals surface area contributed by atoms with E-state index in [1.807, 2.05) is 0 Å². The second kappa shape index (κ2) is 8.33. The first-order chi connectivity index (χ1) is 12.0. The van der Waals surface area contributed by atoms with E-state index in [9.17, 15) is 31.2 Å². The maximum Gasteiger partial charge on any atom is 0.573 e. The van der Waals surface area contributed by atoms with Gasteiger partial charge in [0, 0.05) is 38.0 Å². The number of halogens is 3. The summed E-state index contributed by atoms with van der Waals surface area (Å²) in [7, 11) is -2.45. The van der Waals surface area contributed by atoms with Crippen LogP contribution in [0.3, 0.4) is 0 Å². The molecule has 145 valence electrons. The van der Waals surface area contributed by atoms with E-state index in [1.54, 1.807) is 0 Å². The van der Waals surface area contributed by atoms with Crippen LogP contribution in [0, 0.1) is 0 Å². The quantitative estimate of drug-likeness (QED) is 0.705. The number of methoxy groups -OCH3 is 1. The van der Waals surface area contributed by atoms with Gasteiger partial charge in [0.25, 0.3) is 10.0 Å². The molecule has 0 bridgehead atoms. The van der Waals surface area contributed by atoms with Gasteiger partial charge in [-0.05, 0) is 12.1 Å². The van der Waals surface area contributed by atoms with Gasteiger partial charge in [0.05, 0.1) is 7.11 Å². The number of carbonyl (C=O) groups excluding carboxylic acids is 1. The summed E-state index contributed by atoms with van der Waals surface area (Å²) < 4.78 is 72.4. The Morgan fingerprint density at radius 1 is 1.30 bits per heavy atom. The fourth-order valence-electron chi connectivity index (χ4n) is 1.82. The van der Waals surface area contributed by atoms with Gasteiger partial charge in [0.15, 0.2) is 0 Å². The summed E-state index contributed by atoms with van der Waals surface area (Å²) in [5.74, 6) is -1.05. The van der Waals surface area contributed by atoms with Crippen molar-refractivity contribution in [2.75, 3.05) is 7.11 Å². The summed E-state index contributed by atoms with van der Waals surface area (Å²) in [6.07, 6.45) is -5.15. The zero-order valence-corrected chi connectivity index (χ0v) is 17.0. The number of alkyl halides is 3. The van der Waals surface area contributed by atoms with Gasteiger partial charge < -0.3 is 9.47 Å². The second-order valence-electron chi connectivity index (χ2n) is 4.65. The molecule has 0 atom stereocenters. The van der Waals surface area contributed by atoms with Crippen molar-refractivity contribution in [1.82, 2.24) is 19.1 Å². The second-order valence-corrected chi connectivity index (χ2v) is 6.30. The smallest absolute Gasteiger partial charge is 0.467 e. The van der Waals surface area contributed by atoms with Crippen LogP contribution in [0.4, 0.5) is 18.0 Å². The van der Waals surface area contributed by atoms with Crippen molar-refractivity contribution in [3.63, 3.8) is 0 Å². The average Bonchev–Trinajstić information content (AvgIpc) is 2.81. The maximum absolute atomic E-state index is 12.4. The Bertz CT molecular complexity index is 1010. The Hall–Kier alpha value is -2.03. The molecular weight excluding hydrogens is 408 g/mol. The molecule has 1 aromatic carbocycles. The van der Waals surface area contributed by atoms with E-state index in [4.69, 9.17) is 4.74 Å². The van der Waals surface area contributed by atoms with Crippen molar-refractivity contribution < 1.29 is 37.3 Å². The van der Waals surface area contributed by atoms with Gasteiger partial charge in [-0.1, -0.05) is 12.1 Å². The third-order valence-electron chi connectivity index (χ3n) is 2.90. The molecule has 0 spiro atoms. The van der Waals surface area contributed by atoms with Crippen LogP contribution in [0.1, 0.15) is 1.43 Å². The first kappa shape index (κ1) is 23.0. The monoisotopic (exact) mass is 421 g/mol. The minimum Gasteiger partial charge on any atom is -0.467 e. The molecule has 0 aliphatic rings. The number of sulfonamides is 1. The topological polar surface area (TPSA) is 122 Å². The summed E-state index contributed by atoms with van der Waals surface area (Å²) in [6.45, 7) is 0. The summed E-state index contributed by atoms with van der Waals surface area (Å²) in [5, 5.41) is 3.44. The number of aromatic nitrogens is 3. The molecule has 2 rings (SSSR count). The van der Waals surface area contributed by atoms with Gasteiger partial charge in [0.1, 0.15) is 10.6 Å². The molecule has 0 fully saturated rings. The maximum atomic E-state index is 12.4. The van der Waals surface area contributed by atoms with Crippen LogP contribution < -0.4 is 19.9 Å². The minimum atomic E-state index is -5.15. The number of ether oxygens (including phenoxy) is 2. The first-order valence-electron chi connectivity index (χ1n) is 6.58. The third-order valence-corrected chi connectivity index (χ3v) is 4.26. The molecule has 15 heteroatoms. The number of benzene rings is 1. The van der Waals surface area contributed by atoms with Crippen molar-refractivity contribution in [2.24, 2.45) is 7.05 Å². The zero-order chi connectivity index (χ0) is 19.7. The van der Waals surface area contributed by atoms with Crippen molar-refractivity contribution in [3.05, 3.63) is 34.7 Å². The minimum absolute atomic E-state index is 0. The number of hydrogen-bond donors (Lipinski definition) is 1. The van der Waals surface area contributed by atoms with Crippen LogP contribution in [0.5, 0.6) is 11.8 Å². The van der Waals surface area contributed by atoms with E-state index >= 15 is 0 Å². The number of para-hydroxylation sites is 1. The van der Waals surface area contributed by atoms with E-state index in [-0.39, 0.29) is 41.7 Å². The van der Waals surface area contributed by atoms with Crippen LogP contribution in [0.25, 0.3) is 0 Å². The van der Waals surface area contributed by atoms with Gasteiger partial charge in [-0.2, -0.15) is 0 Å². The average molecular weight is 421 g/mol. The predicted molar refractivity (Wildman–Crippen MR) is 86.1 cm³/mol. The molecule has 1 aromatic heterocycles. The zero-order valence-electron chi connectivity index (χ0n) is 14.1. The fourth-order valence-corrected chi connectivity index (χ4v) is 2.88. The van der Waals surface area contributed by atoms with Crippen LogP contribution in [0.2, 0.25) is 0 Å². The van der Waals surface area contributed by atoms with Crippen molar-refractivity contribution in [1.29, 1.82) is 0 Å². The molecule has 0 aliphatic heterocycles. The summed E-state index contributed by atoms with van der Waals surface area (Å²) >= 11 is 0. The van der Waals surface area contributed by atoms with Gasteiger partial charge in [-0.25, -0.2) is 27.3 Å². The van der Waals surface area contributed by atoms with E-state index in [0.717, 1.165) is 35.9 Å². The van der Waals surface area contributed by atoms with Crippen LogP contribution >= 0.6 is 0 Å². The van der Waals surface area contributed by atoms with E-state index in [0.29, 0.717) is 0 Å². The number of nitrogens with zero attached hydrogens (tertiary/aromatic N) is 3. The number of carbonyl (C=O) groups is 1.